The largest absolute Gasteiger partial charge is 0.423 e. The second-order valence-electron chi connectivity index (χ2n) is 5.10. The highest BCUT2D eigenvalue weighted by atomic mass is 32.2. The van der Waals surface area contributed by atoms with Crippen molar-refractivity contribution in [2.45, 2.75) is 18.7 Å². The minimum Gasteiger partial charge on any atom is -0.383 e. The van der Waals surface area contributed by atoms with Crippen molar-refractivity contribution in [3.05, 3.63) is 39.6 Å². The van der Waals surface area contributed by atoms with Gasteiger partial charge in [-0.15, -0.1) is 0 Å². The molecule has 1 unspecified atom stereocenters. The second-order valence-corrected chi connectivity index (χ2v) is 5.97. The fraction of sp³-hybridized carbons (Fsp3) is 0.385. The van der Waals surface area contributed by atoms with E-state index in [4.69, 9.17) is 0 Å². The van der Waals surface area contributed by atoms with E-state index >= 15 is 0 Å². The van der Waals surface area contributed by atoms with Crippen LogP contribution in [-0.4, -0.2) is 27.0 Å². The number of aromatic amines is 1. The number of aliphatic hydroxyl groups is 1. The van der Waals surface area contributed by atoms with Gasteiger partial charge in [-0.3, -0.25) is 10.1 Å². The Labute approximate surface area is 127 Å². The molecular weight excluding hydrogens is 321 g/mol. The third-order valence-corrected chi connectivity index (χ3v) is 4.10. The lowest BCUT2D eigenvalue weighted by Gasteiger charge is -2.20. The molecule has 0 saturated carbocycles. The fourth-order valence-corrected chi connectivity index (χ4v) is 2.91. The predicted octanol–water partition coefficient (Wildman–Crippen LogP) is 3.67. The molecule has 2 N–H and O–H groups in total. The van der Waals surface area contributed by atoms with Crippen LogP contribution in [0.2, 0.25) is 0 Å². The molecule has 1 aromatic heterocycles. The molecule has 0 fully saturated rings. The number of benzene rings is 1. The quantitative estimate of drug-likeness (QED) is 0.660. The Bertz CT molecular complexity index is 725. The van der Waals surface area contributed by atoms with Gasteiger partial charge in [-0.2, -0.15) is 24.9 Å². The molecule has 0 saturated heterocycles. The van der Waals surface area contributed by atoms with Crippen LogP contribution in [0.5, 0.6) is 0 Å². The topological polar surface area (TPSA) is 79.2 Å². The van der Waals surface area contributed by atoms with Crippen molar-refractivity contribution in [3.63, 3.8) is 0 Å². The lowest BCUT2D eigenvalue weighted by atomic mass is 10.1. The van der Waals surface area contributed by atoms with Gasteiger partial charge in [0.2, 0.25) is 0 Å². The van der Waals surface area contributed by atoms with Crippen molar-refractivity contribution in [2.75, 3.05) is 12.0 Å². The molecule has 0 aliphatic heterocycles. The number of thioether (sulfide) groups is 1. The highest BCUT2D eigenvalue weighted by molar-refractivity contribution is 7.98. The van der Waals surface area contributed by atoms with Crippen LogP contribution >= 0.6 is 11.8 Å². The summed E-state index contributed by atoms with van der Waals surface area (Å²) in [4.78, 5) is 12.5. The standard InChI is InChI=1S/C13H13F3N2O3S/c1-12(19,6-22-2)11-4-7-3-10(18(20)21)8(13(14,15)16)5-9(7)17-11/h3-5,17,19H,6H2,1-2H3. The van der Waals surface area contributed by atoms with Crippen LogP contribution < -0.4 is 0 Å². The molecule has 9 heteroatoms. The van der Waals surface area contributed by atoms with Crippen LogP contribution in [0.25, 0.3) is 10.9 Å². The lowest BCUT2D eigenvalue weighted by molar-refractivity contribution is -0.387. The number of nitro benzene ring substituents is 1. The van der Waals surface area contributed by atoms with Crippen molar-refractivity contribution in [2.24, 2.45) is 0 Å². The van der Waals surface area contributed by atoms with Gasteiger partial charge in [0.25, 0.3) is 5.69 Å². The summed E-state index contributed by atoms with van der Waals surface area (Å²) in [6, 6.07) is 3.00. The Kier molecular flexibility index (Phi) is 4.14. The third-order valence-electron chi connectivity index (χ3n) is 3.24. The van der Waals surface area contributed by atoms with Crippen molar-refractivity contribution in [3.8, 4) is 0 Å². The summed E-state index contributed by atoms with van der Waals surface area (Å²) in [6.45, 7) is 1.52. The number of nitrogens with zero attached hydrogens (tertiary/aromatic N) is 1. The van der Waals surface area contributed by atoms with E-state index in [-0.39, 0.29) is 10.9 Å². The number of nitro groups is 1. The van der Waals surface area contributed by atoms with Gasteiger partial charge in [0.05, 0.1) is 4.92 Å². The van der Waals surface area contributed by atoms with Crippen LogP contribution in [0.3, 0.4) is 0 Å². The SMILES string of the molecule is CSCC(C)(O)c1cc2cc([N+](=O)[O-])c(C(F)(F)F)cc2[nH]1. The molecule has 22 heavy (non-hydrogen) atoms. The lowest BCUT2D eigenvalue weighted by Crippen LogP contribution is -2.24. The van der Waals surface area contributed by atoms with E-state index in [9.17, 15) is 28.4 Å². The van der Waals surface area contributed by atoms with Crippen LogP contribution in [0, 0.1) is 10.1 Å². The monoisotopic (exact) mass is 334 g/mol. The van der Waals surface area contributed by atoms with E-state index in [0.717, 1.165) is 6.07 Å². The van der Waals surface area contributed by atoms with Gasteiger partial charge in [0.1, 0.15) is 11.2 Å². The summed E-state index contributed by atoms with van der Waals surface area (Å²) >= 11 is 1.37. The number of aromatic nitrogens is 1. The average Bonchev–Trinajstić information content (AvgIpc) is 2.79. The van der Waals surface area contributed by atoms with Gasteiger partial charge >= 0.3 is 6.18 Å². The molecule has 0 spiro atoms. The van der Waals surface area contributed by atoms with E-state index in [0.29, 0.717) is 17.5 Å². The first kappa shape index (κ1) is 16.6. The number of hydrogen-bond donors (Lipinski definition) is 2. The molecule has 0 bridgehead atoms. The summed E-state index contributed by atoms with van der Waals surface area (Å²) in [5.41, 5.74) is -3.19. The Morgan fingerprint density at radius 2 is 2.00 bits per heavy atom. The molecule has 2 rings (SSSR count). The van der Waals surface area contributed by atoms with Gasteiger partial charge in [0.15, 0.2) is 0 Å². The maximum Gasteiger partial charge on any atom is 0.423 e. The minimum atomic E-state index is -4.83. The number of hydrogen-bond acceptors (Lipinski definition) is 4. The summed E-state index contributed by atoms with van der Waals surface area (Å²) in [5.74, 6) is 0.327. The maximum atomic E-state index is 12.9. The van der Waals surface area contributed by atoms with Gasteiger partial charge in [-0.05, 0) is 25.3 Å². The molecule has 0 aliphatic carbocycles. The van der Waals surface area contributed by atoms with E-state index < -0.39 is 28.0 Å². The second kappa shape index (κ2) is 5.47. The molecule has 0 radical (unpaired) electrons. The normalized spacial score (nSPS) is 15.0. The summed E-state index contributed by atoms with van der Waals surface area (Å²) in [6.07, 6.45) is -3.05. The summed E-state index contributed by atoms with van der Waals surface area (Å²) in [7, 11) is 0. The Balaban J connectivity index is 2.66. The first-order valence-corrected chi connectivity index (χ1v) is 7.56. The van der Waals surface area contributed by atoms with Crippen molar-refractivity contribution in [1.29, 1.82) is 0 Å². The zero-order chi connectivity index (χ0) is 16.7. The zero-order valence-corrected chi connectivity index (χ0v) is 12.5. The van der Waals surface area contributed by atoms with Gasteiger partial charge in [-0.1, -0.05) is 0 Å². The Morgan fingerprint density at radius 3 is 2.50 bits per heavy atom. The molecule has 1 heterocycles. The number of nitrogens with one attached hydrogen (secondary N) is 1. The van der Waals surface area contributed by atoms with Gasteiger partial charge in [-0.25, -0.2) is 0 Å². The van der Waals surface area contributed by atoms with Crippen LogP contribution in [0.4, 0.5) is 18.9 Å². The summed E-state index contributed by atoms with van der Waals surface area (Å²) in [5, 5.41) is 21.4. The highest BCUT2D eigenvalue weighted by Crippen LogP contribution is 2.39. The highest BCUT2D eigenvalue weighted by Gasteiger charge is 2.39. The predicted molar refractivity (Wildman–Crippen MR) is 77.9 cm³/mol. The van der Waals surface area contributed by atoms with E-state index in [2.05, 4.69) is 4.98 Å². The molecule has 2 aromatic rings. The Morgan fingerprint density at radius 1 is 1.36 bits per heavy atom. The minimum absolute atomic E-state index is 0.0919. The molecular formula is C13H13F3N2O3S. The zero-order valence-electron chi connectivity index (χ0n) is 11.7. The van der Waals surface area contributed by atoms with Crippen molar-refractivity contribution >= 4 is 28.4 Å². The molecule has 0 amide bonds. The van der Waals surface area contributed by atoms with Gasteiger partial charge < -0.3 is 10.1 Å². The van der Waals surface area contributed by atoms with E-state index in [1.807, 2.05) is 0 Å². The smallest absolute Gasteiger partial charge is 0.383 e. The molecule has 5 nitrogen and oxygen atoms in total. The van der Waals surface area contributed by atoms with Crippen LogP contribution in [0.1, 0.15) is 18.2 Å². The number of halogens is 3. The number of rotatable bonds is 4. The molecule has 1 atom stereocenters. The van der Waals surface area contributed by atoms with Crippen molar-refractivity contribution in [1.82, 2.24) is 4.98 Å². The fourth-order valence-electron chi connectivity index (χ4n) is 2.20. The third kappa shape index (κ3) is 3.05. The average molecular weight is 334 g/mol. The van der Waals surface area contributed by atoms with Crippen LogP contribution in [0.15, 0.2) is 18.2 Å². The molecule has 1 aromatic carbocycles. The summed E-state index contributed by atoms with van der Waals surface area (Å²) < 4.78 is 38.8. The number of H-pyrrole nitrogens is 1. The van der Waals surface area contributed by atoms with E-state index in [1.165, 1.54) is 24.8 Å². The molecule has 120 valence electrons. The Hall–Kier alpha value is -1.74. The maximum absolute atomic E-state index is 12.9. The van der Waals surface area contributed by atoms with E-state index in [1.54, 1.807) is 6.26 Å². The first-order valence-electron chi connectivity index (χ1n) is 6.16. The van der Waals surface area contributed by atoms with Crippen LogP contribution in [-0.2, 0) is 11.8 Å². The molecule has 0 aliphatic rings. The first-order chi connectivity index (χ1) is 10.1. The van der Waals surface area contributed by atoms with Crippen molar-refractivity contribution < 1.29 is 23.2 Å². The number of alkyl halides is 3. The number of fused-ring (bicyclic) bond motifs is 1. The van der Waals surface area contributed by atoms with Gasteiger partial charge in [0, 0.05) is 28.4 Å².